The molecule has 1 nitrogen and oxygen atoms in total. The third-order valence-electron chi connectivity index (χ3n) is 15.1. The molecule has 358 valence electrons. The lowest BCUT2D eigenvalue weighted by atomic mass is 9.70. The van der Waals surface area contributed by atoms with E-state index in [4.69, 9.17) is 0 Å². The number of anilines is 3. The number of hydrogen-bond acceptors (Lipinski definition) is 1. The molecule has 0 radical (unpaired) electrons. The minimum Gasteiger partial charge on any atom is -0.311 e. The summed E-state index contributed by atoms with van der Waals surface area (Å²) in [6.45, 7) is 18.3. The van der Waals surface area contributed by atoms with Crippen LogP contribution in [0.25, 0.3) is 44.5 Å². The van der Waals surface area contributed by atoms with Gasteiger partial charge in [-0.2, -0.15) is 0 Å². The highest BCUT2D eigenvalue weighted by atomic mass is 79.9. The molecule has 0 N–H and O–H groups in total. The molecular weight excluding hydrogens is 899 g/mol. The van der Waals surface area contributed by atoms with Crippen LogP contribution in [0.1, 0.15) is 168 Å². The number of halogens is 1. The third kappa shape index (κ3) is 11.7. The smallest absolute Gasteiger partial charge is 0.0462 e. The summed E-state index contributed by atoms with van der Waals surface area (Å²) in [5, 5.41) is 0. The second-order valence-electron chi connectivity index (χ2n) is 22.2. The van der Waals surface area contributed by atoms with Crippen molar-refractivity contribution in [3.05, 3.63) is 184 Å². The van der Waals surface area contributed by atoms with Crippen molar-refractivity contribution < 1.29 is 0 Å². The molecule has 0 spiro atoms. The number of hydrogen-bond donors (Lipinski definition) is 0. The van der Waals surface area contributed by atoms with Gasteiger partial charge in [-0.05, 0) is 145 Å². The number of unbranched alkanes of at least 4 members (excludes halogenated alkanes) is 10. The molecule has 0 heterocycles. The molecule has 7 aromatic carbocycles. The SMILES string of the molecule is CCCCCCCCC1(CCCCCCCC)c2cc(Br)ccc2-c2ccc(-c3ccc(N(c4ccc(-c5ccc(C(C)(C)C)cc5)cc4)c4ccc(-c5ccc(C(C)(C)C)cc5)cc4)cc3)cc21. The third-order valence-corrected chi connectivity index (χ3v) is 15.6. The predicted octanol–water partition coefficient (Wildman–Crippen LogP) is 21.3. The topological polar surface area (TPSA) is 3.24 Å². The zero-order chi connectivity index (χ0) is 48.6. The molecule has 0 amide bonds. The van der Waals surface area contributed by atoms with Gasteiger partial charge in [0.2, 0.25) is 0 Å². The van der Waals surface area contributed by atoms with Gasteiger partial charge in [0, 0.05) is 26.9 Å². The Morgan fingerprint density at radius 1 is 0.362 bits per heavy atom. The number of benzene rings is 7. The van der Waals surface area contributed by atoms with Crippen LogP contribution in [0.5, 0.6) is 0 Å². The first-order valence-corrected chi connectivity index (χ1v) is 27.4. The van der Waals surface area contributed by atoms with Crippen molar-refractivity contribution in [2.45, 2.75) is 162 Å². The molecule has 0 aromatic heterocycles. The average molecular weight is 977 g/mol. The van der Waals surface area contributed by atoms with Crippen molar-refractivity contribution in [2.75, 3.05) is 4.90 Å². The lowest BCUT2D eigenvalue weighted by Crippen LogP contribution is -2.25. The van der Waals surface area contributed by atoms with Crippen LogP contribution in [0.4, 0.5) is 17.1 Å². The first-order valence-electron chi connectivity index (χ1n) is 26.6. The Morgan fingerprint density at radius 3 is 1.07 bits per heavy atom. The fraction of sp³-hybridized carbons (Fsp3) is 0.373. The molecule has 0 unspecified atom stereocenters. The van der Waals surface area contributed by atoms with E-state index in [1.807, 2.05) is 0 Å². The first-order chi connectivity index (χ1) is 33.3. The molecule has 0 saturated heterocycles. The van der Waals surface area contributed by atoms with E-state index in [2.05, 4.69) is 234 Å². The minimum absolute atomic E-state index is 0.0261. The predicted molar refractivity (Wildman–Crippen MR) is 305 cm³/mol. The zero-order valence-corrected chi connectivity index (χ0v) is 44.8. The fourth-order valence-corrected chi connectivity index (χ4v) is 11.3. The van der Waals surface area contributed by atoms with Crippen molar-refractivity contribution in [2.24, 2.45) is 0 Å². The molecule has 7 aromatic rings. The van der Waals surface area contributed by atoms with Crippen LogP contribution in [0.3, 0.4) is 0 Å². The Balaban J connectivity index is 1.13. The van der Waals surface area contributed by atoms with Crippen LogP contribution < -0.4 is 4.90 Å². The van der Waals surface area contributed by atoms with Crippen LogP contribution in [0.15, 0.2) is 162 Å². The number of nitrogens with zero attached hydrogens (tertiary/aromatic N) is 1. The number of fused-ring (bicyclic) bond motifs is 3. The van der Waals surface area contributed by atoms with Gasteiger partial charge in [-0.15, -0.1) is 0 Å². The summed E-state index contributed by atoms with van der Waals surface area (Å²) in [4.78, 5) is 2.41. The summed E-state index contributed by atoms with van der Waals surface area (Å²) >= 11 is 3.93. The van der Waals surface area contributed by atoms with E-state index < -0.39 is 0 Å². The second-order valence-corrected chi connectivity index (χ2v) is 23.1. The Labute approximate surface area is 426 Å². The van der Waals surface area contributed by atoms with Gasteiger partial charge >= 0.3 is 0 Å². The Morgan fingerprint density at radius 2 is 0.681 bits per heavy atom. The molecule has 8 rings (SSSR count). The van der Waals surface area contributed by atoms with Gasteiger partial charge in [0.05, 0.1) is 0 Å². The van der Waals surface area contributed by atoms with E-state index in [1.54, 1.807) is 5.56 Å². The highest BCUT2D eigenvalue weighted by molar-refractivity contribution is 9.10. The minimum atomic E-state index is 0.0261. The van der Waals surface area contributed by atoms with Gasteiger partial charge in [0.1, 0.15) is 0 Å². The average Bonchev–Trinajstić information content (AvgIpc) is 3.61. The molecule has 1 aliphatic carbocycles. The van der Waals surface area contributed by atoms with E-state index in [-0.39, 0.29) is 16.2 Å². The van der Waals surface area contributed by atoms with Gasteiger partial charge < -0.3 is 4.90 Å². The van der Waals surface area contributed by atoms with E-state index in [9.17, 15) is 0 Å². The van der Waals surface area contributed by atoms with E-state index in [0.717, 1.165) is 17.1 Å². The summed E-state index contributed by atoms with van der Waals surface area (Å²) in [6, 6.07) is 60.3. The van der Waals surface area contributed by atoms with Crippen molar-refractivity contribution in [1.82, 2.24) is 0 Å². The molecule has 2 heteroatoms. The maximum atomic E-state index is 3.93. The molecule has 1 aliphatic rings. The highest BCUT2D eigenvalue weighted by Crippen LogP contribution is 2.56. The first kappa shape index (κ1) is 50.2. The van der Waals surface area contributed by atoms with E-state index >= 15 is 0 Å². The molecule has 0 saturated carbocycles. The standard InChI is InChI=1S/C67H78BrN/c1-9-11-13-15-17-19-45-67(46-20-18-16-14-12-10-2)63-47-54(31-43-61(63)62-44-36-57(68)48-64(62)67)53-29-41-60(42-30-53)69(58-37-25-51(26-38-58)49-21-32-55(33-22-49)65(3,4)5)59-39-27-52(28-40-59)50-23-34-56(35-24-50)66(6,7)8/h21-44,47-48H,9-20,45-46H2,1-8H3. The van der Waals surface area contributed by atoms with Gasteiger partial charge in [0.25, 0.3) is 0 Å². The summed E-state index contributed by atoms with van der Waals surface area (Å²) in [6.07, 6.45) is 18.3. The van der Waals surface area contributed by atoms with Crippen LogP contribution >= 0.6 is 15.9 Å². The van der Waals surface area contributed by atoms with Crippen molar-refractivity contribution >= 4 is 33.0 Å². The van der Waals surface area contributed by atoms with Gasteiger partial charge in [-0.1, -0.05) is 251 Å². The van der Waals surface area contributed by atoms with Crippen molar-refractivity contribution in [3.8, 4) is 44.5 Å². The lowest BCUT2D eigenvalue weighted by Gasteiger charge is -2.33. The maximum absolute atomic E-state index is 3.93. The van der Waals surface area contributed by atoms with Crippen LogP contribution in [-0.2, 0) is 16.2 Å². The Bertz CT molecular complexity index is 2610. The van der Waals surface area contributed by atoms with Gasteiger partial charge in [0.15, 0.2) is 0 Å². The summed E-state index contributed by atoms with van der Waals surface area (Å²) in [7, 11) is 0. The largest absolute Gasteiger partial charge is 0.311 e. The summed E-state index contributed by atoms with van der Waals surface area (Å²) in [5.41, 5.74) is 19.8. The van der Waals surface area contributed by atoms with Crippen LogP contribution in [-0.4, -0.2) is 0 Å². The summed E-state index contributed by atoms with van der Waals surface area (Å²) < 4.78 is 1.19. The van der Waals surface area contributed by atoms with Gasteiger partial charge in [-0.25, -0.2) is 0 Å². The quantitative estimate of drug-likeness (QED) is 0.0688. The van der Waals surface area contributed by atoms with Gasteiger partial charge in [-0.3, -0.25) is 0 Å². The monoisotopic (exact) mass is 976 g/mol. The van der Waals surface area contributed by atoms with Crippen LogP contribution in [0.2, 0.25) is 0 Å². The highest BCUT2D eigenvalue weighted by Gasteiger charge is 2.42. The molecule has 0 aliphatic heterocycles. The maximum Gasteiger partial charge on any atom is 0.0462 e. The normalized spacial score (nSPS) is 13.1. The lowest BCUT2D eigenvalue weighted by molar-refractivity contribution is 0.398. The molecule has 69 heavy (non-hydrogen) atoms. The van der Waals surface area contributed by atoms with E-state index in [1.165, 1.54) is 156 Å². The second kappa shape index (κ2) is 22.3. The molecular formula is C67H78BrN. The summed E-state index contributed by atoms with van der Waals surface area (Å²) in [5.74, 6) is 0. The Kier molecular flexibility index (Phi) is 16.2. The van der Waals surface area contributed by atoms with Crippen molar-refractivity contribution in [1.29, 1.82) is 0 Å². The Hall–Kier alpha value is -5.18. The molecule has 0 fully saturated rings. The van der Waals surface area contributed by atoms with Crippen molar-refractivity contribution in [3.63, 3.8) is 0 Å². The van der Waals surface area contributed by atoms with E-state index in [0.29, 0.717) is 0 Å². The fourth-order valence-electron chi connectivity index (χ4n) is 10.9. The zero-order valence-electron chi connectivity index (χ0n) is 43.2. The molecule has 0 bridgehead atoms. The molecule has 0 atom stereocenters. The number of rotatable bonds is 20. The van der Waals surface area contributed by atoms with Crippen LogP contribution in [0, 0.1) is 0 Å².